The van der Waals surface area contributed by atoms with Crippen LogP contribution in [0.4, 0.5) is 0 Å². The van der Waals surface area contributed by atoms with Gasteiger partial charge in [-0.05, 0) is 25.9 Å². The third-order valence-electron chi connectivity index (χ3n) is 2.84. The van der Waals surface area contributed by atoms with Crippen LogP contribution in [0, 0.1) is 0 Å². The van der Waals surface area contributed by atoms with Crippen LogP contribution in [0.2, 0.25) is 0 Å². The minimum Gasteiger partial charge on any atom is -0.388 e. The van der Waals surface area contributed by atoms with Crippen molar-refractivity contribution < 1.29 is 5.11 Å². The SMILES string of the molecule is Cn1c(CO)nnc1C1CCNCC1. The topological polar surface area (TPSA) is 63.0 Å². The average Bonchev–Trinajstić information content (AvgIpc) is 2.61. The molecule has 1 aromatic heterocycles. The highest BCUT2D eigenvalue weighted by Crippen LogP contribution is 2.23. The molecule has 0 unspecified atom stereocenters. The molecule has 0 amide bonds. The van der Waals surface area contributed by atoms with Gasteiger partial charge in [-0.3, -0.25) is 0 Å². The quantitative estimate of drug-likeness (QED) is 0.686. The second-order valence-corrected chi connectivity index (χ2v) is 3.72. The molecule has 14 heavy (non-hydrogen) atoms. The lowest BCUT2D eigenvalue weighted by molar-refractivity contribution is 0.266. The van der Waals surface area contributed by atoms with Gasteiger partial charge < -0.3 is 15.0 Å². The van der Waals surface area contributed by atoms with Crippen molar-refractivity contribution in [2.75, 3.05) is 13.1 Å². The molecule has 0 aromatic carbocycles. The van der Waals surface area contributed by atoms with E-state index < -0.39 is 0 Å². The molecule has 2 heterocycles. The monoisotopic (exact) mass is 196 g/mol. The Labute approximate surface area is 83.2 Å². The van der Waals surface area contributed by atoms with Crippen molar-refractivity contribution in [3.63, 3.8) is 0 Å². The van der Waals surface area contributed by atoms with E-state index >= 15 is 0 Å². The van der Waals surface area contributed by atoms with Crippen molar-refractivity contribution in [2.24, 2.45) is 7.05 Å². The zero-order chi connectivity index (χ0) is 9.97. The van der Waals surface area contributed by atoms with Gasteiger partial charge in [-0.15, -0.1) is 10.2 Å². The summed E-state index contributed by atoms with van der Waals surface area (Å²) in [5.74, 6) is 2.16. The smallest absolute Gasteiger partial charge is 0.158 e. The van der Waals surface area contributed by atoms with E-state index in [1.54, 1.807) is 0 Å². The largest absolute Gasteiger partial charge is 0.388 e. The summed E-state index contributed by atoms with van der Waals surface area (Å²) in [7, 11) is 1.92. The second-order valence-electron chi connectivity index (χ2n) is 3.72. The van der Waals surface area contributed by atoms with Gasteiger partial charge in [-0.2, -0.15) is 0 Å². The number of rotatable bonds is 2. The minimum absolute atomic E-state index is 0.0333. The lowest BCUT2D eigenvalue weighted by Crippen LogP contribution is -2.28. The summed E-state index contributed by atoms with van der Waals surface area (Å²) in [4.78, 5) is 0. The first-order chi connectivity index (χ1) is 6.83. The van der Waals surface area contributed by atoms with Gasteiger partial charge in [0.25, 0.3) is 0 Å². The summed E-state index contributed by atoms with van der Waals surface area (Å²) in [5, 5.41) is 20.4. The fraction of sp³-hybridized carbons (Fsp3) is 0.778. The molecule has 78 valence electrons. The lowest BCUT2D eigenvalue weighted by atomic mass is 9.97. The predicted molar refractivity (Wildman–Crippen MR) is 51.8 cm³/mol. The van der Waals surface area contributed by atoms with Crippen molar-refractivity contribution in [3.05, 3.63) is 11.6 Å². The van der Waals surface area contributed by atoms with E-state index in [1.807, 2.05) is 11.6 Å². The molecular weight excluding hydrogens is 180 g/mol. The van der Waals surface area contributed by atoms with Crippen LogP contribution in [-0.4, -0.2) is 33.0 Å². The Morgan fingerprint density at radius 1 is 1.43 bits per heavy atom. The Morgan fingerprint density at radius 2 is 2.14 bits per heavy atom. The van der Waals surface area contributed by atoms with E-state index in [4.69, 9.17) is 5.11 Å². The molecule has 2 rings (SSSR count). The van der Waals surface area contributed by atoms with E-state index in [1.165, 1.54) is 0 Å². The zero-order valence-electron chi connectivity index (χ0n) is 8.40. The van der Waals surface area contributed by atoms with Gasteiger partial charge in [-0.25, -0.2) is 0 Å². The maximum atomic E-state index is 8.99. The normalized spacial score (nSPS) is 18.7. The molecule has 1 aliphatic rings. The highest BCUT2D eigenvalue weighted by atomic mass is 16.3. The van der Waals surface area contributed by atoms with Crippen molar-refractivity contribution in [2.45, 2.75) is 25.4 Å². The molecular formula is C9H16N4O. The van der Waals surface area contributed by atoms with E-state index in [0.29, 0.717) is 11.7 Å². The minimum atomic E-state index is -0.0333. The van der Waals surface area contributed by atoms with Crippen molar-refractivity contribution in [3.8, 4) is 0 Å². The van der Waals surface area contributed by atoms with Crippen LogP contribution in [0.3, 0.4) is 0 Å². The van der Waals surface area contributed by atoms with Gasteiger partial charge in [0.2, 0.25) is 0 Å². The van der Waals surface area contributed by atoms with Gasteiger partial charge >= 0.3 is 0 Å². The highest BCUT2D eigenvalue weighted by Gasteiger charge is 2.20. The van der Waals surface area contributed by atoms with Crippen LogP contribution >= 0.6 is 0 Å². The highest BCUT2D eigenvalue weighted by molar-refractivity contribution is 5.02. The Bertz CT molecular complexity index is 304. The molecule has 0 saturated carbocycles. The van der Waals surface area contributed by atoms with Gasteiger partial charge in [0, 0.05) is 13.0 Å². The van der Waals surface area contributed by atoms with Crippen molar-refractivity contribution in [1.29, 1.82) is 0 Å². The number of aliphatic hydroxyl groups is 1. The molecule has 0 aliphatic carbocycles. The maximum absolute atomic E-state index is 8.99. The maximum Gasteiger partial charge on any atom is 0.158 e. The van der Waals surface area contributed by atoms with E-state index in [2.05, 4.69) is 15.5 Å². The molecule has 2 N–H and O–H groups in total. The number of hydrogen-bond donors (Lipinski definition) is 2. The number of nitrogens with one attached hydrogen (secondary N) is 1. The number of piperidine rings is 1. The molecule has 1 aliphatic heterocycles. The fourth-order valence-electron chi connectivity index (χ4n) is 1.95. The molecule has 5 heteroatoms. The standard InChI is InChI=1S/C9H16N4O/c1-13-8(6-14)11-12-9(13)7-2-4-10-5-3-7/h7,10,14H,2-6H2,1H3. The van der Waals surface area contributed by atoms with Crippen molar-refractivity contribution in [1.82, 2.24) is 20.1 Å². The Balaban J connectivity index is 2.18. The number of aliphatic hydroxyl groups excluding tert-OH is 1. The first kappa shape index (κ1) is 9.61. The molecule has 0 atom stereocenters. The summed E-state index contributed by atoms with van der Waals surface area (Å²) >= 11 is 0. The van der Waals surface area contributed by atoms with Crippen LogP contribution in [0.15, 0.2) is 0 Å². The summed E-state index contributed by atoms with van der Waals surface area (Å²) < 4.78 is 1.91. The van der Waals surface area contributed by atoms with E-state index in [0.717, 1.165) is 31.8 Å². The summed E-state index contributed by atoms with van der Waals surface area (Å²) in [6.45, 7) is 2.06. The summed E-state index contributed by atoms with van der Waals surface area (Å²) in [6, 6.07) is 0. The van der Waals surface area contributed by atoms with Gasteiger partial charge in [0.1, 0.15) is 12.4 Å². The first-order valence-corrected chi connectivity index (χ1v) is 5.02. The van der Waals surface area contributed by atoms with Crippen LogP contribution in [0.25, 0.3) is 0 Å². The molecule has 1 saturated heterocycles. The van der Waals surface area contributed by atoms with Gasteiger partial charge in [-0.1, -0.05) is 0 Å². The van der Waals surface area contributed by atoms with Gasteiger partial charge in [0.15, 0.2) is 5.82 Å². The Hall–Kier alpha value is -0.940. The Kier molecular flexibility index (Phi) is 2.79. The van der Waals surface area contributed by atoms with E-state index in [-0.39, 0.29) is 6.61 Å². The third-order valence-corrected chi connectivity index (χ3v) is 2.84. The number of aromatic nitrogens is 3. The zero-order valence-corrected chi connectivity index (χ0v) is 8.40. The molecule has 1 fully saturated rings. The predicted octanol–water partition coefficient (Wildman–Crippen LogP) is -0.226. The van der Waals surface area contributed by atoms with Crippen molar-refractivity contribution >= 4 is 0 Å². The molecule has 0 spiro atoms. The number of nitrogens with zero attached hydrogens (tertiary/aromatic N) is 3. The number of hydrogen-bond acceptors (Lipinski definition) is 4. The molecule has 1 aromatic rings. The molecule has 5 nitrogen and oxygen atoms in total. The Morgan fingerprint density at radius 3 is 2.71 bits per heavy atom. The lowest BCUT2D eigenvalue weighted by Gasteiger charge is -2.21. The van der Waals surface area contributed by atoms with Crippen LogP contribution in [0.1, 0.15) is 30.4 Å². The second kappa shape index (κ2) is 4.06. The summed E-state index contributed by atoms with van der Waals surface area (Å²) in [6.07, 6.45) is 2.22. The van der Waals surface area contributed by atoms with Crippen LogP contribution in [-0.2, 0) is 13.7 Å². The molecule has 0 bridgehead atoms. The van der Waals surface area contributed by atoms with Gasteiger partial charge in [0.05, 0.1) is 0 Å². The van der Waals surface area contributed by atoms with E-state index in [9.17, 15) is 0 Å². The third kappa shape index (κ3) is 1.65. The summed E-state index contributed by atoms with van der Waals surface area (Å²) in [5.41, 5.74) is 0. The van der Waals surface area contributed by atoms with Crippen LogP contribution < -0.4 is 5.32 Å². The van der Waals surface area contributed by atoms with Crippen LogP contribution in [0.5, 0.6) is 0 Å². The average molecular weight is 196 g/mol. The fourth-order valence-corrected chi connectivity index (χ4v) is 1.95. The first-order valence-electron chi connectivity index (χ1n) is 5.02. The molecule has 0 radical (unpaired) electrons.